The van der Waals surface area contributed by atoms with Crippen LogP contribution in [-0.4, -0.2) is 81.9 Å². The normalized spacial score (nSPS) is 17.3. The highest BCUT2D eigenvalue weighted by molar-refractivity contribution is 5.90. The number of phenolic OH excluding ortho intramolecular Hbond substituents is 1. The zero-order valence-electron chi connectivity index (χ0n) is 16.9. The molecule has 0 radical (unpaired) electrons. The number of phenols is 1. The van der Waals surface area contributed by atoms with Crippen LogP contribution in [-0.2, 0) is 24.0 Å². The molecule has 0 amide bonds. The van der Waals surface area contributed by atoms with E-state index in [2.05, 4.69) is 0 Å². The number of rotatable bonds is 12. The summed E-state index contributed by atoms with van der Waals surface area (Å²) in [7, 11) is 0. The van der Waals surface area contributed by atoms with Crippen molar-refractivity contribution in [2.24, 2.45) is 5.92 Å². The van der Waals surface area contributed by atoms with E-state index in [0.29, 0.717) is 19.6 Å². The molecule has 1 aliphatic rings. The van der Waals surface area contributed by atoms with E-state index in [9.17, 15) is 34.8 Å². The van der Waals surface area contributed by atoms with Crippen LogP contribution in [0.5, 0.6) is 11.5 Å². The van der Waals surface area contributed by atoms with Gasteiger partial charge in [-0.15, -0.1) is 5.06 Å². The summed E-state index contributed by atoms with van der Waals surface area (Å²) in [5, 5.41) is 40.5. The SMILES string of the molecule is O=C(CC(O)(C(=O)O)C(CCCCOc1ccccc1O)C(=O)O)ON1CCOCC1. The van der Waals surface area contributed by atoms with E-state index >= 15 is 0 Å². The van der Waals surface area contributed by atoms with Gasteiger partial charge in [0, 0.05) is 0 Å². The molecule has 11 heteroatoms. The number of aromatic hydroxyl groups is 1. The van der Waals surface area contributed by atoms with Crippen molar-refractivity contribution < 1.29 is 49.1 Å². The van der Waals surface area contributed by atoms with Gasteiger partial charge in [-0.2, -0.15) is 0 Å². The fourth-order valence-electron chi connectivity index (χ4n) is 3.16. The molecule has 0 spiro atoms. The highest BCUT2D eigenvalue weighted by Gasteiger charge is 2.50. The Labute approximate surface area is 178 Å². The minimum atomic E-state index is -2.83. The van der Waals surface area contributed by atoms with Crippen LogP contribution in [0.2, 0.25) is 0 Å². The molecular formula is C20H27NO10. The maximum absolute atomic E-state index is 12.2. The van der Waals surface area contributed by atoms with E-state index in [0.717, 1.165) is 0 Å². The summed E-state index contributed by atoms with van der Waals surface area (Å²) in [6, 6.07) is 6.34. The van der Waals surface area contributed by atoms with E-state index in [4.69, 9.17) is 14.3 Å². The number of carboxylic acids is 2. The molecule has 0 aromatic heterocycles. The summed E-state index contributed by atoms with van der Waals surface area (Å²) < 4.78 is 10.5. The van der Waals surface area contributed by atoms with E-state index < -0.39 is 35.8 Å². The molecule has 2 unspecified atom stereocenters. The summed E-state index contributed by atoms with van der Waals surface area (Å²) >= 11 is 0. The Morgan fingerprint density at radius 2 is 1.81 bits per heavy atom. The lowest BCUT2D eigenvalue weighted by atomic mass is 9.81. The predicted molar refractivity (Wildman–Crippen MR) is 104 cm³/mol. The summed E-state index contributed by atoms with van der Waals surface area (Å²) in [5.74, 6) is -5.89. The first kappa shape index (κ1) is 24.4. The largest absolute Gasteiger partial charge is 0.504 e. The Kier molecular flexibility index (Phi) is 9.03. The highest BCUT2D eigenvalue weighted by Crippen LogP contribution is 2.29. The number of hydrogen-bond acceptors (Lipinski definition) is 9. The Balaban J connectivity index is 1.91. The monoisotopic (exact) mass is 441 g/mol. The molecule has 0 aliphatic carbocycles. The zero-order valence-corrected chi connectivity index (χ0v) is 16.9. The molecule has 172 valence electrons. The van der Waals surface area contributed by atoms with Gasteiger partial charge in [-0.1, -0.05) is 12.1 Å². The standard InChI is InChI=1S/C20H27NO10/c22-15-6-1-2-7-16(15)30-10-4-3-5-14(18(24)25)20(28,19(26)27)13-17(23)31-21-8-11-29-12-9-21/h1-2,6-7,14,22,28H,3-5,8-13H2,(H,24,25)(H,26,27). The lowest BCUT2D eigenvalue weighted by Crippen LogP contribution is -2.51. The number of unbranched alkanes of at least 4 members (excludes halogenated alkanes) is 1. The molecular weight excluding hydrogens is 414 g/mol. The number of benzene rings is 1. The molecule has 2 rings (SSSR count). The average molecular weight is 441 g/mol. The summed E-state index contributed by atoms with van der Waals surface area (Å²) in [5.41, 5.74) is -2.83. The van der Waals surface area contributed by atoms with Gasteiger partial charge in [-0.25, -0.2) is 4.79 Å². The smallest absolute Gasteiger partial charge is 0.337 e. The van der Waals surface area contributed by atoms with Gasteiger partial charge in [0.2, 0.25) is 0 Å². The number of hydrogen-bond donors (Lipinski definition) is 4. The molecule has 1 aromatic rings. The number of ether oxygens (including phenoxy) is 2. The van der Waals surface area contributed by atoms with Crippen LogP contribution in [0.1, 0.15) is 25.7 Å². The fraction of sp³-hybridized carbons (Fsp3) is 0.550. The van der Waals surface area contributed by atoms with Gasteiger partial charge in [-0.3, -0.25) is 9.59 Å². The number of nitrogens with zero attached hydrogens (tertiary/aromatic N) is 1. The van der Waals surface area contributed by atoms with E-state index in [1.165, 1.54) is 11.1 Å². The van der Waals surface area contributed by atoms with Crippen LogP contribution in [0, 0.1) is 5.92 Å². The Bertz CT molecular complexity index is 764. The van der Waals surface area contributed by atoms with Crippen LogP contribution < -0.4 is 4.74 Å². The summed E-state index contributed by atoms with van der Waals surface area (Å²) in [4.78, 5) is 40.6. The van der Waals surface area contributed by atoms with Crippen molar-refractivity contribution in [1.82, 2.24) is 5.06 Å². The topological polar surface area (TPSA) is 163 Å². The Morgan fingerprint density at radius 1 is 1.13 bits per heavy atom. The van der Waals surface area contributed by atoms with Crippen LogP contribution in [0.3, 0.4) is 0 Å². The highest BCUT2D eigenvalue weighted by atomic mass is 16.7. The van der Waals surface area contributed by atoms with Gasteiger partial charge in [-0.05, 0) is 31.4 Å². The van der Waals surface area contributed by atoms with E-state index in [1.54, 1.807) is 18.2 Å². The van der Waals surface area contributed by atoms with Gasteiger partial charge in [0.05, 0.1) is 45.2 Å². The van der Waals surface area contributed by atoms with Crippen LogP contribution in [0.25, 0.3) is 0 Å². The number of hydroxylamine groups is 2. The molecule has 0 bridgehead atoms. The fourth-order valence-corrected chi connectivity index (χ4v) is 3.16. The molecule has 1 fully saturated rings. The molecule has 0 saturated carbocycles. The third-order valence-corrected chi connectivity index (χ3v) is 4.87. The number of aliphatic carboxylic acids is 2. The first-order valence-electron chi connectivity index (χ1n) is 9.87. The number of para-hydroxylation sites is 2. The minimum Gasteiger partial charge on any atom is -0.504 e. The molecule has 2 atom stereocenters. The van der Waals surface area contributed by atoms with E-state index in [-0.39, 0.29) is 44.0 Å². The molecule has 1 aliphatic heterocycles. The number of carboxylic acid groups (broad SMARTS) is 2. The second kappa shape index (κ2) is 11.5. The average Bonchev–Trinajstić information content (AvgIpc) is 2.71. The minimum absolute atomic E-state index is 0.0371. The first-order valence-corrected chi connectivity index (χ1v) is 9.87. The quantitative estimate of drug-likeness (QED) is 0.337. The third-order valence-electron chi connectivity index (χ3n) is 4.87. The molecule has 11 nitrogen and oxygen atoms in total. The Morgan fingerprint density at radius 3 is 2.42 bits per heavy atom. The maximum atomic E-state index is 12.2. The Hall–Kier alpha value is -2.89. The van der Waals surface area contributed by atoms with Crippen molar-refractivity contribution in [3.8, 4) is 11.5 Å². The summed E-state index contributed by atoms with van der Waals surface area (Å²) in [6.45, 7) is 1.38. The molecule has 4 N–H and O–H groups in total. The van der Waals surface area contributed by atoms with Gasteiger partial charge in [0.25, 0.3) is 0 Å². The van der Waals surface area contributed by atoms with Gasteiger partial charge >= 0.3 is 17.9 Å². The molecule has 1 heterocycles. The number of morpholine rings is 1. The van der Waals surface area contributed by atoms with Crippen LogP contribution >= 0.6 is 0 Å². The second-order valence-corrected chi connectivity index (χ2v) is 7.11. The van der Waals surface area contributed by atoms with Gasteiger partial charge in [0.1, 0.15) is 0 Å². The first-order chi connectivity index (χ1) is 14.7. The van der Waals surface area contributed by atoms with Gasteiger partial charge in [0.15, 0.2) is 17.1 Å². The van der Waals surface area contributed by atoms with Crippen molar-refractivity contribution in [3.05, 3.63) is 24.3 Å². The molecule has 1 aromatic carbocycles. The van der Waals surface area contributed by atoms with E-state index in [1.807, 2.05) is 0 Å². The number of aliphatic hydroxyl groups is 1. The summed E-state index contributed by atoms with van der Waals surface area (Å²) in [6.07, 6.45) is -0.664. The number of carbonyl (C=O) groups excluding carboxylic acids is 1. The van der Waals surface area contributed by atoms with Gasteiger partial charge < -0.3 is 34.7 Å². The lowest BCUT2D eigenvalue weighted by Gasteiger charge is -2.30. The molecule has 1 saturated heterocycles. The van der Waals surface area contributed by atoms with Crippen molar-refractivity contribution in [2.75, 3.05) is 32.9 Å². The third kappa shape index (κ3) is 7.09. The lowest BCUT2D eigenvalue weighted by molar-refractivity contribution is -0.213. The predicted octanol–water partition coefficient (Wildman–Crippen LogP) is 0.638. The van der Waals surface area contributed by atoms with Crippen molar-refractivity contribution in [3.63, 3.8) is 0 Å². The van der Waals surface area contributed by atoms with Crippen LogP contribution in [0.15, 0.2) is 24.3 Å². The van der Waals surface area contributed by atoms with Crippen molar-refractivity contribution in [1.29, 1.82) is 0 Å². The maximum Gasteiger partial charge on any atom is 0.337 e. The zero-order chi connectivity index (χ0) is 22.9. The van der Waals surface area contributed by atoms with Crippen molar-refractivity contribution in [2.45, 2.75) is 31.3 Å². The number of carbonyl (C=O) groups is 3. The second-order valence-electron chi connectivity index (χ2n) is 7.11. The van der Waals surface area contributed by atoms with Crippen molar-refractivity contribution >= 4 is 17.9 Å². The molecule has 31 heavy (non-hydrogen) atoms. The van der Waals surface area contributed by atoms with Crippen LogP contribution in [0.4, 0.5) is 0 Å².